The van der Waals surface area contributed by atoms with Crippen molar-refractivity contribution in [3.8, 4) is 0 Å². The highest BCUT2D eigenvalue weighted by Crippen LogP contribution is 2.24. The number of carbonyl (C=O) groups excluding carboxylic acids is 1. The first kappa shape index (κ1) is 13.2. The Balaban J connectivity index is 2.17. The van der Waals surface area contributed by atoms with E-state index in [2.05, 4.69) is 20.0 Å². The molecule has 0 saturated heterocycles. The Bertz CT molecular complexity index is 604. The van der Waals surface area contributed by atoms with Crippen LogP contribution in [0.4, 0.5) is 15.9 Å². The number of nitrogens with zero attached hydrogens (tertiary/aromatic N) is 2. The number of halogens is 2. The molecule has 1 aromatic heterocycles. The second kappa shape index (κ2) is 5.62. The summed E-state index contributed by atoms with van der Waals surface area (Å²) in [5, 5.41) is 3.08. The lowest BCUT2D eigenvalue weighted by atomic mass is 10.3. The van der Waals surface area contributed by atoms with Gasteiger partial charge in [0, 0.05) is 0 Å². The van der Waals surface area contributed by atoms with E-state index in [9.17, 15) is 9.18 Å². The minimum absolute atomic E-state index is 0.0956. The number of anilines is 2. The van der Waals surface area contributed by atoms with Crippen LogP contribution in [0.15, 0.2) is 30.6 Å². The summed E-state index contributed by atoms with van der Waals surface area (Å²) in [4.78, 5) is 19.0. The van der Waals surface area contributed by atoms with Gasteiger partial charge < -0.3 is 10.1 Å². The molecule has 7 heteroatoms. The minimum Gasteiger partial charge on any atom is -0.464 e. The molecule has 0 aliphatic heterocycles. The van der Waals surface area contributed by atoms with E-state index >= 15 is 0 Å². The Kier molecular flexibility index (Phi) is 3.91. The molecule has 1 heterocycles. The molecule has 0 radical (unpaired) electrons. The fraction of sp³-hybridized carbons (Fsp3) is 0.0833. The maximum absolute atomic E-state index is 12.9. The Labute approximate surface area is 113 Å². The Morgan fingerprint density at radius 3 is 2.74 bits per heavy atom. The third-order valence-electron chi connectivity index (χ3n) is 2.24. The molecule has 0 spiro atoms. The van der Waals surface area contributed by atoms with Crippen molar-refractivity contribution in [1.82, 2.24) is 9.97 Å². The molecule has 1 aromatic carbocycles. The van der Waals surface area contributed by atoms with Crippen molar-refractivity contribution in [2.45, 2.75) is 0 Å². The van der Waals surface area contributed by atoms with E-state index in [0.29, 0.717) is 11.5 Å². The number of aromatic nitrogens is 2. The topological polar surface area (TPSA) is 64.1 Å². The lowest BCUT2D eigenvalue weighted by Crippen LogP contribution is -2.05. The van der Waals surface area contributed by atoms with Gasteiger partial charge in [0.1, 0.15) is 11.6 Å². The number of hydrogen-bond donors (Lipinski definition) is 1. The molecule has 1 N–H and O–H groups in total. The zero-order chi connectivity index (χ0) is 13.8. The van der Waals surface area contributed by atoms with Crippen molar-refractivity contribution in [2.24, 2.45) is 0 Å². The number of ether oxygens (including phenoxy) is 1. The van der Waals surface area contributed by atoms with Gasteiger partial charge in [-0.1, -0.05) is 11.6 Å². The quantitative estimate of drug-likeness (QED) is 0.877. The van der Waals surface area contributed by atoms with E-state index in [1.807, 2.05) is 0 Å². The summed E-state index contributed by atoms with van der Waals surface area (Å²) >= 11 is 5.86. The molecular formula is C12H9ClFN3O2. The highest BCUT2D eigenvalue weighted by molar-refractivity contribution is 6.33. The largest absolute Gasteiger partial charge is 0.464 e. The summed E-state index contributed by atoms with van der Waals surface area (Å²) in [5.41, 5.74) is 0.585. The van der Waals surface area contributed by atoms with Crippen LogP contribution in [0.2, 0.25) is 5.02 Å². The van der Waals surface area contributed by atoms with Crippen LogP contribution in [-0.2, 0) is 4.74 Å². The van der Waals surface area contributed by atoms with E-state index in [1.54, 1.807) is 0 Å². The van der Waals surface area contributed by atoms with Gasteiger partial charge in [-0.2, -0.15) is 0 Å². The molecular weight excluding hydrogens is 273 g/mol. The third kappa shape index (κ3) is 3.17. The minimum atomic E-state index is -0.570. The lowest BCUT2D eigenvalue weighted by Gasteiger charge is -2.07. The average Bonchev–Trinajstić information content (AvgIpc) is 2.42. The molecule has 0 aliphatic carbocycles. The molecule has 2 rings (SSSR count). The summed E-state index contributed by atoms with van der Waals surface area (Å²) in [7, 11) is 1.26. The van der Waals surface area contributed by atoms with Gasteiger partial charge in [0.05, 0.1) is 30.2 Å². The Morgan fingerprint density at radius 1 is 1.37 bits per heavy atom. The van der Waals surface area contributed by atoms with Crippen LogP contribution in [0.5, 0.6) is 0 Å². The molecule has 2 aromatic rings. The third-order valence-corrected chi connectivity index (χ3v) is 2.55. The number of benzene rings is 1. The van der Waals surface area contributed by atoms with E-state index in [4.69, 9.17) is 11.6 Å². The van der Waals surface area contributed by atoms with E-state index in [1.165, 1.54) is 37.7 Å². The van der Waals surface area contributed by atoms with Crippen molar-refractivity contribution in [1.29, 1.82) is 0 Å². The standard InChI is InChI=1S/C12H9ClFN3O2/c1-19-12(18)10-5-16-11(6-15-10)17-9-3-2-7(14)4-8(9)13/h2-6H,1H3,(H,16,17). The predicted octanol–water partition coefficient (Wildman–Crippen LogP) is 2.80. The number of hydrogen-bond acceptors (Lipinski definition) is 5. The molecule has 0 unspecified atom stereocenters. The van der Waals surface area contributed by atoms with Crippen LogP contribution in [0.1, 0.15) is 10.5 Å². The van der Waals surface area contributed by atoms with E-state index in [-0.39, 0.29) is 10.7 Å². The Hall–Kier alpha value is -2.21. The second-order valence-corrected chi connectivity index (χ2v) is 3.93. The molecule has 0 atom stereocenters. The molecule has 5 nitrogen and oxygen atoms in total. The first-order valence-corrected chi connectivity index (χ1v) is 5.60. The number of carbonyl (C=O) groups is 1. The normalized spacial score (nSPS) is 10.1. The van der Waals surface area contributed by atoms with Gasteiger partial charge in [-0.15, -0.1) is 0 Å². The average molecular weight is 282 g/mol. The monoisotopic (exact) mass is 281 g/mol. The smallest absolute Gasteiger partial charge is 0.358 e. The maximum atomic E-state index is 12.9. The number of rotatable bonds is 3. The summed E-state index contributed by atoms with van der Waals surface area (Å²) < 4.78 is 17.4. The molecule has 98 valence electrons. The van der Waals surface area contributed by atoms with Gasteiger partial charge in [0.2, 0.25) is 0 Å². The Morgan fingerprint density at radius 2 is 2.16 bits per heavy atom. The first-order valence-electron chi connectivity index (χ1n) is 5.22. The van der Waals surface area contributed by atoms with Crippen LogP contribution >= 0.6 is 11.6 Å². The predicted molar refractivity (Wildman–Crippen MR) is 68.1 cm³/mol. The summed E-state index contributed by atoms with van der Waals surface area (Å²) in [6.45, 7) is 0. The van der Waals surface area contributed by atoms with Gasteiger partial charge in [-0.3, -0.25) is 0 Å². The van der Waals surface area contributed by atoms with Gasteiger partial charge in [0.15, 0.2) is 5.69 Å². The maximum Gasteiger partial charge on any atom is 0.358 e. The highest BCUT2D eigenvalue weighted by atomic mass is 35.5. The van der Waals surface area contributed by atoms with Crippen molar-refractivity contribution in [2.75, 3.05) is 12.4 Å². The molecule has 0 aliphatic rings. The van der Waals surface area contributed by atoms with Crippen LogP contribution in [0, 0.1) is 5.82 Å². The van der Waals surface area contributed by atoms with Crippen LogP contribution in [-0.4, -0.2) is 23.0 Å². The van der Waals surface area contributed by atoms with Crippen molar-refractivity contribution in [3.05, 3.63) is 47.1 Å². The SMILES string of the molecule is COC(=O)c1cnc(Nc2ccc(F)cc2Cl)cn1. The van der Waals surface area contributed by atoms with Crippen LogP contribution < -0.4 is 5.32 Å². The number of methoxy groups -OCH3 is 1. The fourth-order valence-corrected chi connectivity index (χ4v) is 1.55. The van der Waals surface area contributed by atoms with Crippen molar-refractivity contribution < 1.29 is 13.9 Å². The number of esters is 1. The number of nitrogens with one attached hydrogen (secondary N) is 1. The molecule has 0 saturated carbocycles. The van der Waals surface area contributed by atoms with Crippen LogP contribution in [0.25, 0.3) is 0 Å². The fourth-order valence-electron chi connectivity index (χ4n) is 1.33. The van der Waals surface area contributed by atoms with Crippen molar-refractivity contribution in [3.63, 3.8) is 0 Å². The summed E-state index contributed by atoms with van der Waals surface area (Å²) in [5.74, 6) is -0.623. The van der Waals surface area contributed by atoms with Gasteiger partial charge in [-0.25, -0.2) is 19.2 Å². The second-order valence-electron chi connectivity index (χ2n) is 3.53. The lowest BCUT2D eigenvalue weighted by molar-refractivity contribution is 0.0593. The van der Waals surface area contributed by atoms with Gasteiger partial charge in [-0.05, 0) is 18.2 Å². The van der Waals surface area contributed by atoms with E-state index < -0.39 is 11.8 Å². The van der Waals surface area contributed by atoms with E-state index in [0.717, 1.165) is 0 Å². The molecule has 19 heavy (non-hydrogen) atoms. The van der Waals surface area contributed by atoms with Crippen molar-refractivity contribution >= 4 is 29.1 Å². The van der Waals surface area contributed by atoms with Gasteiger partial charge >= 0.3 is 5.97 Å². The van der Waals surface area contributed by atoms with Crippen LogP contribution in [0.3, 0.4) is 0 Å². The molecule has 0 bridgehead atoms. The zero-order valence-corrected chi connectivity index (χ0v) is 10.6. The molecule has 0 fully saturated rings. The summed E-state index contributed by atoms with van der Waals surface area (Å²) in [6.07, 6.45) is 2.62. The van der Waals surface area contributed by atoms with Gasteiger partial charge in [0.25, 0.3) is 0 Å². The zero-order valence-electron chi connectivity index (χ0n) is 9.85. The summed E-state index contributed by atoms with van der Waals surface area (Å²) in [6, 6.07) is 3.93. The molecule has 0 amide bonds. The highest BCUT2D eigenvalue weighted by Gasteiger charge is 2.08. The first-order chi connectivity index (χ1) is 9.10.